The second kappa shape index (κ2) is 4.31. The van der Waals surface area contributed by atoms with Gasteiger partial charge in [-0.3, -0.25) is 0 Å². The molecule has 5 nitrogen and oxygen atoms in total. The van der Waals surface area contributed by atoms with E-state index in [9.17, 15) is 0 Å². The number of rotatable bonds is 2. The zero-order valence-corrected chi connectivity index (χ0v) is 11.7. The van der Waals surface area contributed by atoms with E-state index < -0.39 is 11.6 Å². The number of furan rings is 1. The van der Waals surface area contributed by atoms with Crippen molar-refractivity contribution in [3.63, 3.8) is 0 Å². The maximum absolute atomic E-state index is 5.98. The molecule has 0 radical (unpaired) electrons. The summed E-state index contributed by atoms with van der Waals surface area (Å²) in [4.78, 5) is 0. The molecule has 5 heteroatoms. The Hall–Kier alpha value is -0.880. The van der Waals surface area contributed by atoms with Crippen LogP contribution in [0.4, 0.5) is 0 Å². The maximum Gasteiger partial charge on any atom is 0.164 e. The molecule has 3 heterocycles. The highest BCUT2D eigenvalue weighted by Gasteiger charge is 2.51. The quantitative estimate of drug-likeness (QED) is 0.825. The Balaban J connectivity index is 1.82. The summed E-state index contributed by atoms with van der Waals surface area (Å²) in [5, 5.41) is 0. The minimum Gasteiger partial charge on any atom is -0.466 e. The molecule has 2 aliphatic rings. The van der Waals surface area contributed by atoms with E-state index in [2.05, 4.69) is 0 Å². The van der Waals surface area contributed by atoms with Gasteiger partial charge in [-0.25, -0.2) is 0 Å². The summed E-state index contributed by atoms with van der Waals surface area (Å²) in [5.74, 6) is -0.476. The minimum atomic E-state index is -0.655. The van der Waals surface area contributed by atoms with Gasteiger partial charge in [0.15, 0.2) is 11.6 Å². The predicted molar refractivity (Wildman–Crippen MR) is 66.4 cm³/mol. The van der Waals surface area contributed by atoms with Crippen molar-refractivity contribution in [3.05, 3.63) is 24.2 Å². The normalized spacial score (nSPS) is 36.7. The molecule has 2 fully saturated rings. The second-order valence-corrected chi connectivity index (χ2v) is 5.90. The Morgan fingerprint density at radius 2 is 1.84 bits per heavy atom. The van der Waals surface area contributed by atoms with Gasteiger partial charge in [-0.2, -0.15) is 0 Å². The molecular weight excluding hydrogens is 248 g/mol. The third-order valence-electron chi connectivity index (χ3n) is 3.35. The van der Waals surface area contributed by atoms with Crippen molar-refractivity contribution in [3.8, 4) is 0 Å². The molecule has 0 aliphatic carbocycles. The Bertz CT molecular complexity index is 437. The lowest BCUT2D eigenvalue weighted by atomic mass is 10.1. The standard InChI is InChI=1S/C14H20O5/c1-13(2)16-8-10(17-13)12-11(9-6-5-7-15-9)18-14(3,4)19-12/h5-7,10-12H,8H2,1-4H3/t10-,11-,12-/m1/s1. The molecule has 3 rings (SSSR count). The highest BCUT2D eigenvalue weighted by Crippen LogP contribution is 2.42. The molecule has 19 heavy (non-hydrogen) atoms. The summed E-state index contributed by atoms with van der Waals surface area (Å²) >= 11 is 0. The fourth-order valence-electron chi connectivity index (χ4n) is 2.61. The highest BCUT2D eigenvalue weighted by atomic mass is 16.8. The van der Waals surface area contributed by atoms with Gasteiger partial charge in [-0.05, 0) is 39.8 Å². The molecule has 3 atom stereocenters. The van der Waals surface area contributed by atoms with Crippen LogP contribution in [0.2, 0.25) is 0 Å². The van der Waals surface area contributed by atoms with E-state index >= 15 is 0 Å². The second-order valence-electron chi connectivity index (χ2n) is 5.90. The number of hydrogen-bond donors (Lipinski definition) is 0. The van der Waals surface area contributed by atoms with Crippen LogP contribution in [0.1, 0.15) is 39.6 Å². The molecule has 0 N–H and O–H groups in total. The molecule has 2 saturated heterocycles. The average Bonchev–Trinajstić information content (AvgIpc) is 2.96. The van der Waals surface area contributed by atoms with E-state index in [1.165, 1.54) is 0 Å². The lowest BCUT2D eigenvalue weighted by Crippen LogP contribution is -2.35. The molecule has 0 spiro atoms. The van der Waals surface area contributed by atoms with Gasteiger partial charge >= 0.3 is 0 Å². The first-order valence-corrected chi connectivity index (χ1v) is 6.57. The van der Waals surface area contributed by atoms with Crippen LogP contribution < -0.4 is 0 Å². The van der Waals surface area contributed by atoms with Gasteiger partial charge in [-0.1, -0.05) is 0 Å². The van der Waals surface area contributed by atoms with E-state index in [0.29, 0.717) is 6.61 Å². The van der Waals surface area contributed by atoms with Crippen LogP contribution in [0.25, 0.3) is 0 Å². The van der Waals surface area contributed by atoms with Crippen LogP contribution in [-0.2, 0) is 18.9 Å². The molecular formula is C14H20O5. The largest absolute Gasteiger partial charge is 0.466 e. The molecule has 0 saturated carbocycles. The first kappa shape index (κ1) is 13.1. The monoisotopic (exact) mass is 268 g/mol. The molecule has 0 amide bonds. The first-order chi connectivity index (χ1) is 8.86. The number of hydrogen-bond acceptors (Lipinski definition) is 5. The molecule has 2 aliphatic heterocycles. The molecule has 0 aromatic carbocycles. The van der Waals surface area contributed by atoms with Crippen molar-refractivity contribution in [1.29, 1.82) is 0 Å². The summed E-state index contributed by atoms with van der Waals surface area (Å²) in [5.41, 5.74) is 0. The van der Waals surface area contributed by atoms with Gasteiger partial charge in [0.2, 0.25) is 0 Å². The molecule has 106 valence electrons. The minimum absolute atomic E-state index is 0.160. The summed E-state index contributed by atoms with van der Waals surface area (Å²) in [7, 11) is 0. The van der Waals surface area contributed by atoms with Gasteiger partial charge in [0.25, 0.3) is 0 Å². The van der Waals surface area contributed by atoms with E-state index in [4.69, 9.17) is 23.4 Å². The van der Waals surface area contributed by atoms with Crippen LogP contribution in [0.3, 0.4) is 0 Å². The van der Waals surface area contributed by atoms with E-state index in [0.717, 1.165) is 5.76 Å². The highest BCUT2D eigenvalue weighted by molar-refractivity contribution is 5.08. The average molecular weight is 268 g/mol. The Kier molecular flexibility index (Phi) is 2.98. The van der Waals surface area contributed by atoms with Crippen LogP contribution in [0, 0.1) is 0 Å². The van der Waals surface area contributed by atoms with Gasteiger partial charge in [0.1, 0.15) is 24.1 Å². The molecule has 0 bridgehead atoms. The van der Waals surface area contributed by atoms with Crippen molar-refractivity contribution in [2.24, 2.45) is 0 Å². The van der Waals surface area contributed by atoms with Crippen molar-refractivity contribution in [2.75, 3.05) is 6.61 Å². The lowest BCUT2D eigenvalue weighted by molar-refractivity contribution is -0.174. The Labute approximate surface area is 112 Å². The maximum atomic E-state index is 5.98. The summed E-state index contributed by atoms with van der Waals surface area (Å²) in [6, 6.07) is 3.74. The van der Waals surface area contributed by atoms with Crippen molar-refractivity contribution < 1.29 is 23.4 Å². The van der Waals surface area contributed by atoms with Crippen LogP contribution in [-0.4, -0.2) is 30.4 Å². The topological polar surface area (TPSA) is 50.1 Å². The van der Waals surface area contributed by atoms with Crippen LogP contribution >= 0.6 is 0 Å². The summed E-state index contributed by atoms with van der Waals surface area (Å²) in [6.45, 7) is 8.08. The lowest BCUT2D eigenvalue weighted by Gasteiger charge is -2.23. The van der Waals surface area contributed by atoms with Gasteiger partial charge in [-0.15, -0.1) is 0 Å². The fraction of sp³-hybridized carbons (Fsp3) is 0.714. The molecule has 1 aromatic heterocycles. The summed E-state index contributed by atoms with van der Waals surface area (Å²) < 4.78 is 28.9. The third-order valence-corrected chi connectivity index (χ3v) is 3.35. The van der Waals surface area contributed by atoms with Crippen LogP contribution in [0.15, 0.2) is 22.8 Å². The third kappa shape index (κ3) is 2.56. The van der Waals surface area contributed by atoms with Crippen molar-refractivity contribution in [2.45, 2.75) is 57.6 Å². The van der Waals surface area contributed by atoms with E-state index in [1.54, 1.807) is 6.26 Å². The van der Waals surface area contributed by atoms with E-state index in [-0.39, 0.29) is 18.3 Å². The van der Waals surface area contributed by atoms with E-state index in [1.807, 2.05) is 39.8 Å². The fourth-order valence-corrected chi connectivity index (χ4v) is 2.61. The van der Waals surface area contributed by atoms with Gasteiger partial charge in [0.05, 0.1) is 12.9 Å². The van der Waals surface area contributed by atoms with Crippen LogP contribution in [0.5, 0.6) is 0 Å². The first-order valence-electron chi connectivity index (χ1n) is 6.57. The SMILES string of the molecule is CC1(C)O[C@H]([C@H]2COC(C)(C)O2)[C@@H](c2ccco2)O1. The summed E-state index contributed by atoms with van der Waals surface area (Å²) in [6.07, 6.45) is 0.971. The number of ether oxygens (including phenoxy) is 4. The zero-order valence-electron chi connectivity index (χ0n) is 11.7. The van der Waals surface area contributed by atoms with Crippen molar-refractivity contribution >= 4 is 0 Å². The molecule has 1 aromatic rings. The van der Waals surface area contributed by atoms with Gasteiger partial charge in [0, 0.05) is 0 Å². The van der Waals surface area contributed by atoms with Gasteiger partial charge < -0.3 is 23.4 Å². The molecule has 0 unspecified atom stereocenters. The Morgan fingerprint density at radius 1 is 1.05 bits per heavy atom. The van der Waals surface area contributed by atoms with Crippen molar-refractivity contribution in [1.82, 2.24) is 0 Å². The smallest absolute Gasteiger partial charge is 0.164 e. The predicted octanol–water partition coefficient (Wildman–Crippen LogP) is 2.62. The zero-order chi connectivity index (χ0) is 13.7. The Morgan fingerprint density at radius 3 is 2.42 bits per heavy atom.